The first kappa shape index (κ1) is 8.54. The molecule has 0 aliphatic carbocycles. The third-order valence-electron chi connectivity index (χ3n) is 1.79. The van der Waals surface area contributed by atoms with E-state index in [9.17, 15) is 0 Å². The third kappa shape index (κ3) is 1.54. The summed E-state index contributed by atoms with van der Waals surface area (Å²) in [5.41, 5.74) is 2.84. The highest BCUT2D eigenvalue weighted by Gasteiger charge is 2.08. The van der Waals surface area contributed by atoms with Crippen LogP contribution in [0.15, 0.2) is 18.2 Å². The molecule has 0 bridgehead atoms. The Kier molecular flexibility index (Phi) is 2.29. The number of benzene rings is 1. The summed E-state index contributed by atoms with van der Waals surface area (Å²) < 4.78 is 0. The van der Waals surface area contributed by atoms with E-state index in [1.807, 2.05) is 38.1 Å². The lowest BCUT2D eigenvalue weighted by Crippen LogP contribution is -2.09. The second kappa shape index (κ2) is 3.22. The molecule has 0 atom stereocenters. The molecule has 0 heterocycles. The Morgan fingerprint density at radius 2 is 2.00 bits per heavy atom. The molecule has 3 heteroatoms. The molecule has 0 radical (unpaired) electrons. The highest BCUT2D eigenvalue weighted by atomic mass is 15.1. The van der Waals surface area contributed by atoms with Crippen molar-refractivity contribution in [1.29, 1.82) is 5.39 Å². The first-order valence-corrected chi connectivity index (χ1v) is 3.78. The van der Waals surface area contributed by atoms with Gasteiger partial charge in [-0.3, -0.25) is 0 Å². The van der Waals surface area contributed by atoms with Crippen LogP contribution in [0.1, 0.15) is 5.56 Å². The Bertz CT molecular complexity index is 323. The van der Waals surface area contributed by atoms with Gasteiger partial charge in [0.1, 0.15) is 0 Å². The number of anilines is 1. The number of nitrogens with zero attached hydrogens (tertiary/aromatic N) is 3. The molecule has 0 spiro atoms. The van der Waals surface area contributed by atoms with Gasteiger partial charge in [0.2, 0.25) is 5.39 Å². The molecule has 62 valence electrons. The van der Waals surface area contributed by atoms with E-state index in [4.69, 9.17) is 5.39 Å². The third-order valence-corrected chi connectivity index (χ3v) is 1.79. The van der Waals surface area contributed by atoms with Crippen molar-refractivity contribution < 1.29 is 0 Å². The SMILES string of the molecule is Cc1ccc([N+]#N)cc1N(C)C. The largest absolute Gasteiger partial charge is 0.387 e. The average Bonchev–Trinajstić information content (AvgIpc) is 2.05. The summed E-state index contributed by atoms with van der Waals surface area (Å²) in [4.78, 5) is 5.12. The highest BCUT2D eigenvalue weighted by Crippen LogP contribution is 2.23. The second-order valence-electron chi connectivity index (χ2n) is 2.97. The molecular weight excluding hydrogens is 150 g/mol. The van der Waals surface area contributed by atoms with Gasteiger partial charge in [0.05, 0.1) is 6.07 Å². The number of hydrogen-bond donors (Lipinski definition) is 0. The smallest absolute Gasteiger partial charge is 0.377 e. The molecule has 0 amide bonds. The van der Waals surface area contributed by atoms with Crippen molar-refractivity contribution in [3.8, 4) is 0 Å². The Morgan fingerprint density at radius 1 is 1.33 bits per heavy atom. The summed E-state index contributed by atoms with van der Waals surface area (Å²) in [6.07, 6.45) is 0. The standard InChI is InChI=1S/C9H12N3/c1-7-4-5-8(11-10)6-9(7)12(2)3/h4-6H,1-3H3/q+1. The molecule has 0 unspecified atom stereocenters. The zero-order chi connectivity index (χ0) is 9.14. The van der Waals surface area contributed by atoms with E-state index >= 15 is 0 Å². The zero-order valence-corrected chi connectivity index (χ0v) is 7.57. The second-order valence-corrected chi connectivity index (χ2v) is 2.97. The summed E-state index contributed by atoms with van der Waals surface area (Å²) in [6, 6.07) is 5.56. The van der Waals surface area contributed by atoms with Crippen LogP contribution >= 0.6 is 0 Å². The van der Waals surface area contributed by atoms with Gasteiger partial charge in [-0.2, -0.15) is 0 Å². The lowest BCUT2D eigenvalue weighted by molar-refractivity contribution is 1.12. The van der Waals surface area contributed by atoms with E-state index in [0.29, 0.717) is 5.69 Å². The monoisotopic (exact) mass is 162 g/mol. The quantitative estimate of drug-likeness (QED) is 0.594. The minimum absolute atomic E-state index is 0.587. The molecule has 0 fully saturated rings. The molecular formula is C9H12N3+. The molecule has 3 nitrogen and oxygen atoms in total. The van der Waals surface area contributed by atoms with Crippen LogP contribution in [0.25, 0.3) is 4.98 Å². The first-order valence-electron chi connectivity index (χ1n) is 3.78. The van der Waals surface area contributed by atoms with E-state index in [0.717, 1.165) is 5.69 Å². The lowest BCUT2D eigenvalue weighted by atomic mass is 10.2. The topological polar surface area (TPSA) is 31.4 Å². The van der Waals surface area contributed by atoms with Crippen molar-refractivity contribution >= 4 is 11.4 Å². The van der Waals surface area contributed by atoms with Crippen molar-refractivity contribution in [3.05, 3.63) is 28.7 Å². The van der Waals surface area contributed by atoms with Crippen molar-refractivity contribution in [1.82, 2.24) is 0 Å². The van der Waals surface area contributed by atoms with Gasteiger partial charge in [-0.25, -0.2) is 0 Å². The number of hydrogen-bond acceptors (Lipinski definition) is 2. The molecule has 1 rings (SSSR count). The molecule has 0 N–H and O–H groups in total. The van der Waals surface area contributed by atoms with Crippen molar-refractivity contribution in [3.63, 3.8) is 0 Å². The van der Waals surface area contributed by atoms with E-state index in [1.54, 1.807) is 6.07 Å². The Labute approximate surface area is 72.2 Å². The fourth-order valence-corrected chi connectivity index (χ4v) is 1.14. The van der Waals surface area contributed by atoms with Crippen LogP contribution in [-0.2, 0) is 0 Å². The van der Waals surface area contributed by atoms with Crippen molar-refractivity contribution in [2.45, 2.75) is 6.92 Å². The Hall–Kier alpha value is -1.56. The van der Waals surface area contributed by atoms with Crippen LogP contribution in [0.2, 0.25) is 0 Å². The molecule has 12 heavy (non-hydrogen) atoms. The first-order chi connectivity index (χ1) is 5.65. The number of aryl methyl sites for hydroxylation is 1. The van der Waals surface area contributed by atoms with E-state index in [-0.39, 0.29) is 0 Å². The van der Waals surface area contributed by atoms with Crippen LogP contribution in [0, 0.1) is 12.3 Å². The molecule has 0 aliphatic heterocycles. The molecule has 0 saturated carbocycles. The summed E-state index contributed by atoms with van der Waals surface area (Å²) in [5, 5.41) is 8.54. The molecule has 1 aromatic carbocycles. The summed E-state index contributed by atoms with van der Waals surface area (Å²) in [5.74, 6) is 0. The maximum absolute atomic E-state index is 8.54. The maximum Gasteiger partial charge on any atom is 0.387 e. The Balaban J connectivity index is 3.19. The zero-order valence-electron chi connectivity index (χ0n) is 7.57. The lowest BCUT2D eigenvalue weighted by Gasteiger charge is -2.13. The Morgan fingerprint density at radius 3 is 2.50 bits per heavy atom. The summed E-state index contributed by atoms with van der Waals surface area (Å²) >= 11 is 0. The van der Waals surface area contributed by atoms with Gasteiger partial charge in [0.15, 0.2) is 4.98 Å². The van der Waals surface area contributed by atoms with Gasteiger partial charge in [0, 0.05) is 25.8 Å². The summed E-state index contributed by atoms with van der Waals surface area (Å²) in [6.45, 7) is 2.02. The van der Waals surface area contributed by atoms with Gasteiger partial charge in [-0.1, -0.05) is 0 Å². The molecule has 0 saturated heterocycles. The highest BCUT2D eigenvalue weighted by molar-refractivity contribution is 5.61. The summed E-state index contributed by atoms with van der Waals surface area (Å²) in [7, 11) is 3.92. The van der Waals surface area contributed by atoms with E-state index in [2.05, 4.69) is 4.98 Å². The van der Waals surface area contributed by atoms with Gasteiger partial charge >= 0.3 is 5.69 Å². The van der Waals surface area contributed by atoms with Gasteiger partial charge in [-0.05, 0) is 18.6 Å². The number of rotatable bonds is 1. The van der Waals surface area contributed by atoms with Crippen LogP contribution < -0.4 is 4.90 Å². The van der Waals surface area contributed by atoms with Crippen LogP contribution in [0.3, 0.4) is 0 Å². The minimum Gasteiger partial charge on any atom is -0.377 e. The average molecular weight is 162 g/mol. The van der Waals surface area contributed by atoms with E-state index < -0.39 is 0 Å². The fraction of sp³-hybridized carbons (Fsp3) is 0.333. The van der Waals surface area contributed by atoms with Crippen LogP contribution in [0.5, 0.6) is 0 Å². The molecule has 1 aromatic rings. The predicted molar refractivity (Wildman–Crippen MR) is 50.3 cm³/mol. The predicted octanol–water partition coefficient (Wildman–Crippen LogP) is 2.55. The van der Waals surface area contributed by atoms with Crippen molar-refractivity contribution in [2.75, 3.05) is 19.0 Å². The van der Waals surface area contributed by atoms with E-state index in [1.165, 1.54) is 5.56 Å². The van der Waals surface area contributed by atoms with Gasteiger partial charge in [0.25, 0.3) is 0 Å². The van der Waals surface area contributed by atoms with Crippen LogP contribution in [0.4, 0.5) is 11.4 Å². The van der Waals surface area contributed by atoms with Gasteiger partial charge in [-0.15, -0.1) is 0 Å². The molecule has 0 aliphatic rings. The van der Waals surface area contributed by atoms with Crippen molar-refractivity contribution in [2.24, 2.45) is 0 Å². The van der Waals surface area contributed by atoms with Crippen LogP contribution in [-0.4, -0.2) is 14.1 Å². The minimum atomic E-state index is 0.587. The maximum atomic E-state index is 8.54. The van der Waals surface area contributed by atoms with Gasteiger partial charge < -0.3 is 4.90 Å². The molecule has 0 aromatic heterocycles. The fourth-order valence-electron chi connectivity index (χ4n) is 1.14. The number of diazo groups is 1. The normalized spacial score (nSPS) is 9.17.